The van der Waals surface area contributed by atoms with E-state index in [1.165, 1.54) is 36.5 Å². The number of nitrogens with zero attached hydrogens (tertiary/aromatic N) is 1. The van der Waals surface area contributed by atoms with Crippen molar-refractivity contribution < 1.29 is 18.0 Å². The third kappa shape index (κ3) is 2.25. The second-order valence-electron chi connectivity index (χ2n) is 3.60. The molecule has 0 fully saturated rings. The van der Waals surface area contributed by atoms with Crippen LogP contribution in [0, 0.1) is 0 Å². The SMILES string of the molecule is O=Cc1ncccc1-c1ccccc1C(F)(F)F. The van der Waals surface area contributed by atoms with Gasteiger partial charge in [-0.2, -0.15) is 13.2 Å². The van der Waals surface area contributed by atoms with E-state index in [9.17, 15) is 18.0 Å². The lowest BCUT2D eigenvalue weighted by molar-refractivity contribution is -0.137. The number of halogens is 3. The van der Waals surface area contributed by atoms with E-state index < -0.39 is 11.7 Å². The quantitative estimate of drug-likeness (QED) is 0.763. The minimum absolute atomic E-state index is 0.00537. The maximum absolute atomic E-state index is 12.9. The molecule has 0 saturated carbocycles. The van der Waals surface area contributed by atoms with E-state index in [1.54, 1.807) is 0 Å². The van der Waals surface area contributed by atoms with Crippen LogP contribution in [0.15, 0.2) is 42.6 Å². The summed E-state index contributed by atoms with van der Waals surface area (Å²) < 4.78 is 38.6. The van der Waals surface area contributed by atoms with Crippen LogP contribution in [-0.2, 0) is 6.18 Å². The Morgan fingerprint density at radius 2 is 1.67 bits per heavy atom. The van der Waals surface area contributed by atoms with Crippen LogP contribution in [0.3, 0.4) is 0 Å². The van der Waals surface area contributed by atoms with Crippen LogP contribution in [0.4, 0.5) is 13.2 Å². The molecule has 1 aromatic carbocycles. The van der Waals surface area contributed by atoms with E-state index in [0.717, 1.165) is 6.07 Å². The van der Waals surface area contributed by atoms with Gasteiger partial charge in [-0.3, -0.25) is 9.78 Å². The highest BCUT2D eigenvalue weighted by Gasteiger charge is 2.33. The average Bonchev–Trinajstić information content (AvgIpc) is 2.37. The smallest absolute Gasteiger partial charge is 0.296 e. The molecule has 2 rings (SSSR count). The van der Waals surface area contributed by atoms with Crippen molar-refractivity contribution >= 4 is 6.29 Å². The Morgan fingerprint density at radius 3 is 2.33 bits per heavy atom. The van der Waals surface area contributed by atoms with Gasteiger partial charge in [-0.15, -0.1) is 0 Å². The molecule has 0 aliphatic rings. The van der Waals surface area contributed by atoms with Gasteiger partial charge in [-0.1, -0.05) is 24.3 Å². The number of hydrogen-bond acceptors (Lipinski definition) is 2. The summed E-state index contributed by atoms with van der Waals surface area (Å²) in [5.41, 5.74) is -0.643. The zero-order valence-electron chi connectivity index (χ0n) is 9.11. The van der Waals surface area contributed by atoms with E-state index in [1.807, 2.05) is 0 Å². The van der Waals surface area contributed by atoms with E-state index in [-0.39, 0.29) is 16.8 Å². The van der Waals surface area contributed by atoms with Gasteiger partial charge < -0.3 is 0 Å². The summed E-state index contributed by atoms with van der Waals surface area (Å²) in [4.78, 5) is 14.6. The van der Waals surface area contributed by atoms with Crippen LogP contribution in [-0.4, -0.2) is 11.3 Å². The third-order valence-corrected chi connectivity index (χ3v) is 2.47. The minimum Gasteiger partial charge on any atom is -0.296 e. The molecule has 0 N–H and O–H groups in total. The predicted octanol–water partition coefficient (Wildman–Crippen LogP) is 3.58. The molecule has 0 spiro atoms. The number of carbonyl (C=O) groups excluding carboxylic acids is 1. The van der Waals surface area contributed by atoms with E-state index in [2.05, 4.69) is 4.98 Å². The first-order chi connectivity index (χ1) is 8.54. The van der Waals surface area contributed by atoms with Gasteiger partial charge in [0, 0.05) is 11.8 Å². The highest BCUT2D eigenvalue weighted by Crippen LogP contribution is 2.37. The molecule has 0 radical (unpaired) electrons. The summed E-state index contributed by atoms with van der Waals surface area (Å²) in [5, 5.41) is 0. The number of hydrogen-bond donors (Lipinski definition) is 0. The standard InChI is InChI=1S/C13H8F3NO/c14-13(15,16)11-6-2-1-4-9(11)10-5-3-7-17-12(10)8-18/h1-8H. The Bertz CT molecular complexity index is 578. The summed E-state index contributed by atoms with van der Waals surface area (Å²) in [7, 11) is 0. The molecular weight excluding hydrogens is 243 g/mol. The van der Waals surface area contributed by atoms with Gasteiger partial charge in [0.15, 0.2) is 6.29 Å². The van der Waals surface area contributed by atoms with Crippen LogP contribution < -0.4 is 0 Å². The fourth-order valence-electron chi connectivity index (χ4n) is 1.70. The van der Waals surface area contributed by atoms with Gasteiger partial charge in [0.25, 0.3) is 0 Å². The van der Waals surface area contributed by atoms with Gasteiger partial charge in [0.1, 0.15) is 5.69 Å². The first kappa shape index (κ1) is 12.3. The van der Waals surface area contributed by atoms with Gasteiger partial charge in [-0.25, -0.2) is 0 Å². The molecule has 2 aromatic rings. The number of pyridine rings is 1. The Hall–Kier alpha value is -2.17. The van der Waals surface area contributed by atoms with Gasteiger partial charge >= 0.3 is 6.18 Å². The molecule has 0 amide bonds. The molecule has 0 aliphatic carbocycles. The lowest BCUT2D eigenvalue weighted by atomic mass is 9.98. The fraction of sp³-hybridized carbons (Fsp3) is 0.0769. The zero-order valence-corrected chi connectivity index (χ0v) is 9.11. The lowest BCUT2D eigenvalue weighted by Crippen LogP contribution is -2.07. The van der Waals surface area contributed by atoms with E-state index in [4.69, 9.17) is 0 Å². The van der Waals surface area contributed by atoms with Crippen molar-refractivity contribution in [2.45, 2.75) is 6.18 Å². The number of benzene rings is 1. The minimum atomic E-state index is -4.47. The molecule has 0 unspecified atom stereocenters. The van der Waals surface area contributed by atoms with E-state index in [0.29, 0.717) is 6.29 Å². The Kier molecular flexibility index (Phi) is 3.14. The third-order valence-electron chi connectivity index (χ3n) is 2.47. The Balaban J connectivity index is 2.68. The van der Waals surface area contributed by atoms with Crippen LogP contribution in [0.2, 0.25) is 0 Å². The number of aldehydes is 1. The monoisotopic (exact) mass is 251 g/mol. The summed E-state index contributed by atoms with van der Waals surface area (Å²) >= 11 is 0. The molecule has 1 heterocycles. The molecule has 0 aliphatic heterocycles. The topological polar surface area (TPSA) is 30.0 Å². The Morgan fingerprint density at radius 1 is 1.00 bits per heavy atom. The summed E-state index contributed by atoms with van der Waals surface area (Å²) in [6.07, 6.45) is -2.65. The fourth-order valence-corrected chi connectivity index (χ4v) is 1.70. The molecular formula is C13H8F3NO. The van der Waals surface area contributed by atoms with Crippen LogP contribution >= 0.6 is 0 Å². The van der Waals surface area contributed by atoms with Gasteiger partial charge in [0.05, 0.1) is 5.56 Å². The molecule has 0 bridgehead atoms. The molecule has 2 nitrogen and oxygen atoms in total. The summed E-state index contributed by atoms with van der Waals surface area (Å²) in [6, 6.07) is 8.05. The highest BCUT2D eigenvalue weighted by molar-refractivity contribution is 5.86. The van der Waals surface area contributed by atoms with Gasteiger partial charge in [0.2, 0.25) is 0 Å². The van der Waals surface area contributed by atoms with Crippen molar-refractivity contribution in [1.82, 2.24) is 4.98 Å². The van der Waals surface area contributed by atoms with Crippen LogP contribution in [0.25, 0.3) is 11.1 Å². The molecule has 5 heteroatoms. The largest absolute Gasteiger partial charge is 0.417 e. The summed E-state index contributed by atoms with van der Waals surface area (Å²) in [6.45, 7) is 0. The van der Waals surface area contributed by atoms with Crippen molar-refractivity contribution in [3.63, 3.8) is 0 Å². The normalized spacial score (nSPS) is 11.3. The van der Waals surface area contributed by atoms with Crippen molar-refractivity contribution in [2.75, 3.05) is 0 Å². The molecule has 0 saturated heterocycles. The van der Waals surface area contributed by atoms with Crippen molar-refractivity contribution in [3.05, 3.63) is 53.9 Å². The number of alkyl halides is 3. The molecule has 0 atom stereocenters. The first-order valence-electron chi connectivity index (χ1n) is 5.11. The summed E-state index contributed by atoms with van der Waals surface area (Å²) in [5.74, 6) is 0. The van der Waals surface area contributed by atoms with Crippen LogP contribution in [0.1, 0.15) is 16.1 Å². The lowest BCUT2D eigenvalue weighted by Gasteiger charge is -2.13. The second-order valence-corrected chi connectivity index (χ2v) is 3.60. The number of aromatic nitrogens is 1. The number of carbonyl (C=O) groups is 1. The average molecular weight is 251 g/mol. The molecule has 1 aromatic heterocycles. The van der Waals surface area contributed by atoms with Crippen molar-refractivity contribution in [3.8, 4) is 11.1 Å². The van der Waals surface area contributed by atoms with Gasteiger partial charge in [-0.05, 0) is 17.7 Å². The molecule has 92 valence electrons. The zero-order chi connectivity index (χ0) is 13.2. The number of rotatable bonds is 2. The maximum atomic E-state index is 12.9. The van der Waals surface area contributed by atoms with E-state index >= 15 is 0 Å². The van der Waals surface area contributed by atoms with Crippen molar-refractivity contribution in [1.29, 1.82) is 0 Å². The first-order valence-corrected chi connectivity index (χ1v) is 5.11. The maximum Gasteiger partial charge on any atom is 0.417 e. The Labute approximate surface area is 101 Å². The highest BCUT2D eigenvalue weighted by atomic mass is 19.4. The molecule has 18 heavy (non-hydrogen) atoms. The van der Waals surface area contributed by atoms with Crippen molar-refractivity contribution in [2.24, 2.45) is 0 Å². The second kappa shape index (κ2) is 4.60. The predicted molar refractivity (Wildman–Crippen MR) is 60.1 cm³/mol. The van der Waals surface area contributed by atoms with Crippen LogP contribution in [0.5, 0.6) is 0 Å².